The van der Waals surface area contributed by atoms with Crippen molar-refractivity contribution < 1.29 is 14.7 Å². The van der Waals surface area contributed by atoms with Gasteiger partial charge in [-0.2, -0.15) is 5.10 Å². The molecule has 7 nitrogen and oxygen atoms in total. The first-order valence-electron chi connectivity index (χ1n) is 12.7. The van der Waals surface area contributed by atoms with Crippen molar-refractivity contribution in [1.82, 2.24) is 10.4 Å². The second-order valence-electron chi connectivity index (χ2n) is 10.3. The summed E-state index contributed by atoms with van der Waals surface area (Å²) in [6.07, 6.45) is 5.52. The standard InChI is InChI=1S/C20H15BrN4O2.C10H12O/c21-12-3-1-2-10(4-12)14-7-15(14)19(26)24-13-5-16-18-11(8-22-17(18)6-13)9-23-25-20(16)27;1-7-5-10(7)8-3-2-4-9(11)6-8/h1-6,8-9,14-15,22H,7H2,(H,24,26)(H,25,27);2-4,6-7,10-11H,5H2,1H3. The maximum atomic E-state index is 12.7. The fraction of sp³-hybridized carbons (Fsp3) is 0.233. The number of anilines is 1. The molecule has 0 saturated heterocycles. The predicted octanol–water partition coefficient (Wildman–Crippen LogP) is 6.27. The fourth-order valence-corrected chi connectivity index (χ4v) is 5.65. The van der Waals surface area contributed by atoms with Crippen molar-refractivity contribution in [2.75, 3.05) is 5.32 Å². The number of aromatic nitrogens is 1. The molecule has 4 unspecified atom stereocenters. The zero-order valence-corrected chi connectivity index (χ0v) is 22.3. The van der Waals surface area contributed by atoms with Gasteiger partial charge in [0.1, 0.15) is 5.75 Å². The molecule has 0 spiro atoms. The first-order valence-corrected chi connectivity index (χ1v) is 13.5. The molecule has 2 fully saturated rings. The number of phenols is 1. The number of hydrogen-bond donors (Lipinski definition) is 4. The van der Waals surface area contributed by atoms with Crippen molar-refractivity contribution in [2.45, 2.75) is 31.6 Å². The lowest BCUT2D eigenvalue weighted by Gasteiger charge is -2.09. The third-order valence-corrected chi connectivity index (χ3v) is 8.00. The van der Waals surface area contributed by atoms with Gasteiger partial charge in [-0.15, -0.1) is 0 Å². The summed E-state index contributed by atoms with van der Waals surface area (Å²) in [5, 5.41) is 16.9. The number of phenolic OH excluding ortho intramolecular Hbond substituents is 1. The van der Waals surface area contributed by atoms with Gasteiger partial charge in [0.05, 0.1) is 11.8 Å². The Labute approximate surface area is 228 Å². The Bertz CT molecular complexity index is 1590. The molecular weight excluding hydrogens is 544 g/mol. The van der Waals surface area contributed by atoms with Crippen molar-refractivity contribution in [1.29, 1.82) is 0 Å². The van der Waals surface area contributed by atoms with E-state index >= 15 is 0 Å². The van der Waals surface area contributed by atoms with Crippen LogP contribution in [0.4, 0.5) is 5.69 Å². The summed E-state index contributed by atoms with van der Waals surface area (Å²) in [6.45, 7) is 2.24. The average molecular weight is 571 g/mol. The normalized spacial score (nSPS) is 22.6. The van der Waals surface area contributed by atoms with E-state index in [1.54, 1.807) is 24.5 Å². The minimum atomic E-state index is -0.288. The molecule has 2 amide bonds. The molecule has 192 valence electrons. The predicted molar refractivity (Wildman–Crippen MR) is 152 cm³/mol. The number of hydrazone groups is 1. The van der Waals surface area contributed by atoms with Crippen LogP contribution >= 0.6 is 15.9 Å². The second kappa shape index (κ2) is 9.76. The molecule has 3 aliphatic rings. The number of carbonyl (C=O) groups is 2. The topological polar surface area (TPSA) is 107 Å². The Kier molecular flexibility index (Phi) is 6.27. The molecule has 4 N–H and O–H groups in total. The molecule has 2 heterocycles. The van der Waals surface area contributed by atoms with Crippen LogP contribution < -0.4 is 10.7 Å². The van der Waals surface area contributed by atoms with Crippen molar-refractivity contribution in [2.24, 2.45) is 16.9 Å². The minimum absolute atomic E-state index is 0.0245. The molecule has 1 aliphatic heterocycles. The molecule has 4 atom stereocenters. The Morgan fingerprint density at radius 1 is 1.05 bits per heavy atom. The van der Waals surface area contributed by atoms with E-state index in [9.17, 15) is 14.7 Å². The third-order valence-electron chi connectivity index (χ3n) is 7.50. The van der Waals surface area contributed by atoms with E-state index in [0.717, 1.165) is 38.8 Å². The van der Waals surface area contributed by atoms with Gasteiger partial charge < -0.3 is 15.4 Å². The first kappa shape index (κ1) is 24.4. The Morgan fingerprint density at radius 2 is 1.82 bits per heavy atom. The van der Waals surface area contributed by atoms with Crippen LogP contribution in [0.1, 0.15) is 58.6 Å². The number of hydrogen-bond acceptors (Lipinski definition) is 4. The van der Waals surface area contributed by atoms with Gasteiger partial charge in [-0.3, -0.25) is 9.59 Å². The van der Waals surface area contributed by atoms with Crippen molar-refractivity contribution in [3.63, 3.8) is 0 Å². The summed E-state index contributed by atoms with van der Waals surface area (Å²) in [7, 11) is 0. The van der Waals surface area contributed by atoms with E-state index in [4.69, 9.17) is 0 Å². The van der Waals surface area contributed by atoms with Crippen LogP contribution in [-0.4, -0.2) is 28.1 Å². The van der Waals surface area contributed by atoms with E-state index in [2.05, 4.69) is 55.8 Å². The number of H-pyrrole nitrogens is 1. The van der Waals surface area contributed by atoms with Gasteiger partial charge in [0.15, 0.2) is 0 Å². The van der Waals surface area contributed by atoms with Gasteiger partial charge in [-0.1, -0.05) is 47.1 Å². The van der Waals surface area contributed by atoms with Crippen LogP contribution in [0.25, 0.3) is 10.9 Å². The monoisotopic (exact) mass is 570 g/mol. The number of benzene rings is 3. The molecule has 2 saturated carbocycles. The maximum absolute atomic E-state index is 12.7. The quantitative estimate of drug-likeness (QED) is 0.232. The molecular formula is C30H27BrN4O3. The van der Waals surface area contributed by atoms with Crippen LogP contribution in [0.5, 0.6) is 5.75 Å². The average Bonchev–Trinajstić information content (AvgIpc) is 3.81. The maximum Gasteiger partial charge on any atom is 0.272 e. The van der Waals surface area contributed by atoms with Crippen LogP contribution in [-0.2, 0) is 4.79 Å². The summed E-state index contributed by atoms with van der Waals surface area (Å²) in [4.78, 5) is 28.1. The van der Waals surface area contributed by atoms with Crippen molar-refractivity contribution >= 4 is 50.5 Å². The zero-order valence-electron chi connectivity index (χ0n) is 20.7. The number of aromatic hydroxyl groups is 1. The smallest absolute Gasteiger partial charge is 0.272 e. The summed E-state index contributed by atoms with van der Waals surface area (Å²) < 4.78 is 1.02. The minimum Gasteiger partial charge on any atom is -0.508 e. The largest absolute Gasteiger partial charge is 0.508 e. The molecule has 8 heteroatoms. The van der Waals surface area contributed by atoms with Gasteiger partial charge in [-0.05, 0) is 78.1 Å². The molecule has 38 heavy (non-hydrogen) atoms. The first-order chi connectivity index (χ1) is 18.4. The number of aromatic amines is 1. The number of carbonyl (C=O) groups excluding carboxylic acids is 2. The fourth-order valence-electron chi connectivity index (χ4n) is 5.24. The Balaban J connectivity index is 0.000000200. The summed E-state index contributed by atoms with van der Waals surface area (Å²) in [6, 6.07) is 19.2. The third kappa shape index (κ3) is 4.96. The summed E-state index contributed by atoms with van der Waals surface area (Å²) in [5.74, 6) is 1.79. The van der Waals surface area contributed by atoms with E-state index in [-0.39, 0.29) is 23.7 Å². The molecule has 0 radical (unpaired) electrons. The van der Waals surface area contributed by atoms with Crippen LogP contribution in [0.2, 0.25) is 0 Å². The van der Waals surface area contributed by atoms with Crippen LogP contribution in [0.3, 0.4) is 0 Å². The van der Waals surface area contributed by atoms with E-state index in [1.165, 1.54) is 12.0 Å². The van der Waals surface area contributed by atoms with Gasteiger partial charge in [0.25, 0.3) is 5.91 Å². The Morgan fingerprint density at radius 3 is 2.55 bits per heavy atom. The molecule has 3 aromatic carbocycles. The lowest BCUT2D eigenvalue weighted by atomic mass is 10.0. The zero-order chi connectivity index (χ0) is 26.4. The second-order valence-corrected chi connectivity index (χ2v) is 11.2. The molecule has 1 aromatic heterocycles. The lowest BCUT2D eigenvalue weighted by Crippen LogP contribution is -2.18. The Hall–Kier alpha value is -3.91. The SMILES string of the molecule is CC1CC1c1cccc(O)c1.O=C1NN=Cc2c[nH]c3cc(NC(=O)C4CC4c4cccc(Br)c4)cc1c23. The molecule has 7 rings (SSSR count). The van der Waals surface area contributed by atoms with Gasteiger partial charge in [0.2, 0.25) is 5.91 Å². The number of nitrogens with one attached hydrogen (secondary N) is 3. The van der Waals surface area contributed by atoms with Gasteiger partial charge >= 0.3 is 0 Å². The van der Waals surface area contributed by atoms with Crippen molar-refractivity contribution in [3.8, 4) is 5.75 Å². The van der Waals surface area contributed by atoms with E-state index < -0.39 is 0 Å². The number of halogens is 1. The van der Waals surface area contributed by atoms with Gasteiger partial charge in [-0.25, -0.2) is 5.43 Å². The number of nitrogens with zero attached hydrogens (tertiary/aromatic N) is 1. The molecule has 0 bridgehead atoms. The van der Waals surface area contributed by atoms with Gasteiger partial charge in [0, 0.05) is 38.7 Å². The molecule has 4 aromatic rings. The summed E-state index contributed by atoms with van der Waals surface area (Å²) in [5.41, 5.74) is 7.67. The highest BCUT2D eigenvalue weighted by molar-refractivity contribution is 9.10. The highest BCUT2D eigenvalue weighted by atomic mass is 79.9. The number of rotatable bonds is 4. The molecule has 2 aliphatic carbocycles. The van der Waals surface area contributed by atoms with Crippen molar-refractivity contribution in [3.05, 3.63) is 93.6 Å². The van der Waals surface area contributed by atoms with E-state index in [1.807, 2.05) is 36.4 Å². The van der Waals surface area contributed by atoms with Crippen LogP contribution in [0.15, 0.2) is 76.4 Å². The lowest BCUT2D eigenvalue weighted by molar-refractivity contribution is -0.117. The summed E-state index contributed by atoms with van der Waals surface area (Å²) >= 11 is 3.48. The van der Waals surface area contributed by atoms with E-state index in [0.29, 0.717) is 22.9 Å². The number of amides is 2. The van der Waals surface area contributed by atoms with Crippen LogP contribution in [0, 0.1) is 11.8 Å². The highest BCUT2D eigenvalue weighted by Crippen LogP contribution is 2.49. The highest BCUT2D eigenvalue weighted by Gasteiger charge is 2.44.